The number of hydrogen-bond donors (Lipinski definition) is 0. The molecule has 0 radical (unpaired) electrons. The van der Waals surface area contributed by atoms with Crippen molar-refractivity contribution < 1.29 is 19.0 Å². The third-order valence-corrected chi connectivity index (χ3v) is 2.39. The Hall–Kier alpha value is -1.71. The SMILES string of the molecule is COC(=O)Cc1cc(OC)c(C)c(OC)c1. The number of benzene rings is 1. The molecule has 0 atom stereocenters. The Morgan fingerprint density at radius 1 is 1.12 bits per heavy atom. The molecule has 0 bridgehead atoms. The third kappa shape index (κ3) is 2.66. The monoisotopic (exact) mass is 224 g/mol. The van der Waals surface area contributed by atoms with Gasteiger partial charge in [0.2, 0.25) is 0 Å². The predicted octanol–water partition coefficient (Wildman–Crippen LogP) is 1.73. The maximum Gasteiger partial charge on any atom is 0.309 e. The molecule has 0 heterocycles. The molecule has 0 N–H and O–H groups in total. The molecule has 0 saturated heterocycles. The van der Waals surface area contributed by atoms with E-state index in [-0.39, 0.29) is 12.4 Å². The van der Waals surface area contributed by atoms with Gasteiger partial charge in [-0.15, -0.1) is 0 Å². The van der Waals surface area contributed by atoms with Crippen molar-refractivity contribution in [2.75, 3.05) is 21.3 Å². The molecular formula is C12H16O4. The minimum absolute atomic E-state index is 0.212. The minimum atomic E-state index is -0.284. The van der Waals surface area contributed by atoms with Gasteiger partial charge in [0.25, 0.3) is 0 Å². The second-order valence-electron chi connectivity index (χ2n) is 3.38. The molecule has 0 unspecified atom stereocenters. The van der Waals surface area contributed by atoms with Crippen LogP contribution in [0.1, 0.15) is 11.1 Å². The first kappa shape index (κ1) is 12.4. The fraction of sp³-hybridized carbons (Fsp3) is 0.417. The van der Waals surface area contributed by atoms with Gasteiger partial charge in [-0.3, -0.25) is 4.79 Å². The zero-order valence-electron chi connectivity index (χ0n) is 9.99. The second-order valence-corrected chi connectivity index (χ2v) is 3.38. The number of ether oxygens (including phenoxy) is 3. The molecule has 4 nitrogen and oxygen atoms in total. The van der Waals surface area contributed by atoms with E-state index in [1.165, 1.54) is 7.11 Å². The van der Waals surface area contributed by atoms with Crippen LogP contribution >= 0.6 is 0 Å². The number of carbonyl (C=O) groups is 1. The highest BCUT2D eigenvalue weighted by Crippen LogP contribution is 2.29. The van der Waals surface area contributed by atoms with Gasteiger partial charge in [-0.05, 0) is 24.6 Å². The molecule has 1 aromatic rings. The highest BCUT2D eigenvalue weighted by molar-refractivity contribution is 5.73. The largest absolute Gasteiger partial charge is 0.496 e. The van der Waals surface area contributed by atoms with Crippen molar-refractivity contribution >= 4 is 5.97 Å². The van der Waals surface area contributed by atoms with Crippen molar-refractivity contribution in [1.82, 2.24) is 0 Å². The molecule has 0 aliphatic carbocycles. The molecule has 1 rings (SSSR count). The Balaban J connectivity index is 3.06. The first-order valence-electron chi connectivity index (χ1n) is 4.90. The molecule has 0 saturated carbocycles. The molecule has 0 fully saturated rings. The molecule has 4 heteroatoms. The highest BCUT2D eigenvalue weighted by Gasteiger charge is 2.10. The van der Waals surface area contributed by atoms with Crippen LogP contribution in [0.4, 0.5) is 0 Å². The van der Waals surface area contributed by atoms with Crippen molar-refractivity contribution in [2.45, 2.75) is 13.3 Å². The van der Waals surface area contributed by atoms with Crippen LogP contribution in [0.2, 0.25) is 0 Å². The van der Waals surface area contributed by atoms with Gasteiger partial charge < -0.3 is 14.2 Å². The maximum atomic E-state index is 11.2. The van der Waals surface area contributed by atoms with E-state index in [1.807, 2.05) is 19.1 Å². The minimum Gasteiger partial charge on any atom is -0.496 e. The van der Waals surface area contributed by atoms with E-state index in [4.69, 9.17) is 9.47 Å². The van der Waals surface area contributed by atoms with Gasteiger partial charge in [0.15, 0.2) is 0 Å². The van der Waals surface area contributed by atoms with E-state index in [1.54, 1.807) is 14.2 Å². The lowest BCUT2D eigenvalue weighted by molar-refractivity contribution is -0.139. The molecule has 1 aromatic carbocycles. The Labute approximate surface area is 95.1 Å². The van der Waals surface area contributed by atoms with E-state index in [9.17, 15) is 4.79 Å². The fourth-order valence-electron chi connectivity index (χ4n) is 1.48. The van der Waals surface area contributed by atoms with Gasteiger partial charge in [-0.2, -0.15) is 0 Å². The van der Waals surface area contributed by atoms with Gasteiger partial charge in [-0.25, -0.2) is 0 Å². The Kier molecular flexibility index (Phi) is 4.17. The summed E-state index contributed by atoms with van der Waals surface area (Å²) >= 11 is 0. The van der Waals surface area contributed by atoms with Crippen molar-refractivity contribution in [2.24, 2.45) is 0 Å². The lowest BCUT2D eigenvalue weighted by Crippen LogP contribution is -2.05. The predicted molar refractivity (Wildman–Crippen MR) is 60.0 cm³/mol. The number of methoxy groups -OCH3 is 3. The molecule has 0 aromatic heterocycles. The smallest absolute Gasteiger partial charge is 0.309 e. The van der Waals surface area contributed by atoms with Gasteiger partial charge in [0.05, 0.1) is 27.8 Å². The lowest BCUT2D eigenvalue weighted by Gasteiger charge is -2.12. The Bertz CT molecular complexity index is 360. The summed E-state index contributed by atoms with van der Waals surface area (Å²) in [5.74, 6) is 1.13. The lowest BCUT2D eigenvalue weighted by atomic mass is 10.1. The third-order valence-electron chi connectivity index (χ3n) is 2.39. The van der Waals surface area contributed by atoms with Crippen LogP contribution in [0.3, 0.4) is 0 Å². The zero-order chi connectivity index (χ0) is 12.1. The van der Waals surface area contributed by atoms with Crippen molar-refractivity contribution in [3.63, 3.8) is 0 Å². The fourth-order valence-corrected chi connectivity index (χ4v) is 1.48. The summed E-state index contributed by atoms with van der Waals surface area (Å²) in [5, 5.41) is 0. The van der Waals surface area contributed by atoms with Gasteiger partial charge in [0, 0.05) is 5.56 Å². The zero-order valence-corrected chi connectivity index (χ0v) is 9.99. The maximum absolute atomic E-state index is 11.2. The molecule has 0 spiro atoms. The average molecular weight is 224 g/mol. The highest BCUT2D eigenvalue weighted by atomic mass is 16.5. The van der Waals surface area contributed by atoms with Crippen molar-refractivity contribution in [1.29, 1.82) is 0 Å². The van der Waals surface area contributed by atoms with E-state index in [0.29, 0.717) is 11.5 Å². The quantitative estimate of drug-likeness (QED) is 0.730. The number of hydrogen-bond acceptors (Lipinski definition) is 4. The summed E-state index contributed by atoms with van der Waals surface area (Å²) in [6, 6.07) is 3.63. The number of esters is 1. The van der Waals surface area contributed by atoms with Crippen LogP contribution in [-0.2, 0) is 16.0 Å². The number of rotatable bonds is 4. The van der Waals surface area contributed by atoms with Crippen LogP contribution in [0, 0.1) is 6.92 Å². The molecule has 0 aliphatic heterocycles. The average Bonchev–Trinajstić information content (AvgIpc) is 2.30. The van der Waals surface area contributed by atoms with Crippen LogP contribution in [0.15, 0.2) is 12.1 Å². The standard InChI is InChI=1S/C12H16O4/c1-8-10(14-2)5-9(6-11(8)15-3)7-12(13)16-4/h5-6H,7H2,1-4H3. The van der Waals surface area contributed by atoms with Crippen LogP contribution in [-0.4, -0.2) is 27.3 Å². The van der Waals surface area contributed by atoms with E-state index in [2.05, 4.69) is 4.74 Å². The topological polar surface area (TPSA) is 44.8 Å². The van der Waals surface area contributed by atoms with E-state index >= 15 is 0 Å². The number of carbonyl (C=O) groups excluding carboxylic acids is 1. The summed E-state index contributed by atoms with van der Waals surface area (Å²) in [5.41, 5.74) is 1.73. The summed E-state index contributed by atoms with van der Waals surface area (Å²) in [4.78, 5) is 11.2. The first-order chi connectivity index (χ1) is 7.62. The van der Waals surface area contributed by atoms with Crippen LogP contribution in [0.5, 0.6) is 11.5 Å². The van der Waals surface area contributed by atoms with Crippen LogP contribution < -0.4 is 9.47 Å². The van der Waals surface area contributed by atoms with Gasteiger partial charge in [0.1, 0.15) is 11.5 Å². The summed E-state index contributed by atoms with van der Waals surface area (Å²) in [6.07, 6.45) is 0.212. The first-order valence-corrected chi connectivity index (χ1v) is 4.90. The molecule has 88 valence electrons. The van der Waals surface area contributed by atoms with Crippen LogP contribution in [0.25, 0.3) is 0 Å². The Morgan fingerprint density at radius 3 is 2.00 bits per heavy atom. The van der Waals surface area contributed by atoms with Crippen molar-refractivity contribution in [3.05, 3.63) is 23.3 Å². The summed E-state index contributed by atoms with van der Waals surface area (Å²) in [6.45, 7) is 1.90. The second kappa shape index (κ2) is 5.39. The van der Waals surface area contributed by atoms with Gasteiger partial charge >= 0.3 is 5.97 Å². The molecular weight excluding hydrogens is 208 g/mol. The summed E-state index contributed by atoms with van der Waals surface area (Å²) < 4.78 is 15.0. The van der Waals surface area contributed by atoms with Gasteiger partial charge in [-0.1, -0.05) is 0 Å². The Morgan fingerprint density at radius 2 is 1.62 bits per heavy atom. The molecule has 0 aliphatic rings. The normalized spacial score (nSPS) is 9.75. The molecule has 0 amide bonds. The summed E-state index contributed by atoms with van der Waals surface area (Å²) in [7, 11) is 4.54. The van der Waals surface area contributed by atoms with Crippen molar-refractivity contribution in [3.8, 4) is 11.5 Å². The van der Waals surface area contributed by atoms with E-state index < -0.39 is 0 Å². The van der Waals surface area contributed by atoms with E-state index in [0.717, 1.165) is 11.1 Å². The molecule has 16 heavy (non-hydrogen) atoms.